The Morgan fingerprint density at radius 1 is 1.58 bits per heavy atom. The van der Waals surface area contributed by atoms with E-state index < -0.39 is 0 Å². The van der Waals surface area contributed by atoms with E-state index in [9.17, 15) is 0 Å². The lowest BCUT2D eigenvalue weighted by Gasteiger charge is -2.26. The fourth-order valence-corrected chi connectivity index (χ4v) is 1.79. The zero-order chi connectivity index (χ0) is 8.55. The van der Waals surface area contributed by atoms with Crippen LogP contribution in [0, 0.1) is 5.92 Å². The molecule has 2 unspecified atom stereocenters. The van der Waals surface area contributed by atoms with Gasteiger partial charge < -0.3 is 5.73 Å². The smallest absolute Gasteiger partial charge is 0.0605 e. The Hall–Kier alpha value is -0.890. The highest BCUT2D eigenvalue weighted by Gasteiger charge is 2.23. The van der Waals surface area contributed by atoms with E-state index in [0.29, 0.717) is 5.92 Å². The summed E-state index contributed by atoms with van der Waals surface area (Å²) in [6.45, 7) is 2.20. The molecule has 0 radical (unpaired) electrons. The number of rotatable bonds is 0. The number of fused-ring (bicyclic) bond motifs is 1. The molecule has 0 amide bonds. The van der Waals surface area contributed by atoms with Gasteiger partial charge in [-0.3, -0.25) is 4.98 Å². The van der Waals surface area contributed by atoms with Crippen molar-refractivity contribution in [3.63, 3.8) is 0 Å². The van der Waals surface area contributed by atoms with Crippen LogP contribution in [0.15, 0.2) is 18.3 Å². The van der Waals surface area contributed by atoms with Crippen molar-refractivity contribution < 1.29 is 0 Å². The van der Waals surface area contributed by atoms with Crippen LogP contribution in [0.2, 0.25) is 0 Å². The molecule has 1 aromatic heterocycles. The number of pyridine rings is 1. The summed E-state index contributed by atoms with van der Waals surface area (Å²) in [5.41, 5.74) is 8.47. The van der Waals surface area contributed by atoms with E-state index in [1.807, 2.05) is 12.3 Å². The van der Waals surface area contributed by atoms with E-state index in [-0.39, 0.29) is 6.04 Å². The van der Waals surface area contributed by atoms with Crippen molar-refractivity contribution in [2.24, 2.45) is 11.7 Å². The molecule has 2 nitrogen and oxygen atoms in total. The highest BCUT2D eigenvalue weighted by atomic mass is 14.8. The van der Waals surface area contributed by atoms with Crippen molar-refractivity contribution in [1.82, 2.24) is 4.98 Å². The van der Waals surface area contributed by atoms with Crippen molar-refractivity contribution in [3.8, 4) is 0 Å². The van der Waals surface area contributed by atoms with E-state index in [1.165, 1.54) is 12.0 Å². The molecule has 0 aliphatic heterocycles. The molecule has 2 N–H and O–H groups in total. The number of nitrogens with zero attached hydrogens (tertiary/aromatic N) is 1. The predicted molar refractivity (Wildman–Crippen MR) is 48.7 cm³/mol. The van der Waals surface area contributed by atoms with Gasteiger partial charge in [-0.05, 0) is 30.4 Å². The zero-order valence-corrected chi connectivity index (χ0v) is 7.33. The Morgan fingerprint density at radius 3 is 3.25 bits per heavy atom. The quantitative estimate of drug-likeness (QED) is 0.630. The van der Waals surface area contributed by atoms with Crippen LogP contribution < -0.4 is 5.73 Å². The summed E-state index contributed by atoms with van der Waals surface area (Å²) in [5, 5.41) is 0. The van der Waals surface area contributed by atoms with Crippen LogP contribution in [-0.2, 0) is 6.42 Å². The van der Waals surface area contributed by atoms with Crippen LogP contribution in [0.4, 0.5) is 0 Å². The van der Waals surface area contributed by atoms with Crippen LogP contribution in [0.1, 0.15) is 30.6 Å². The largest absolute Gasteiger partial charge is 0.322 e. The maximum atomic E-state index is 6.03. The SMILES string of the molecule is CC1CCc2cccnc2C1N. The highest BCUT2D eigenvalue weighted by Crippen LogP contribution is 2.30. The molecular weight excluding hydrogens is 148 g/mol. The Bertz CT molecular complexity index is 283. The number of aryl methyl sites for hydroxylation is 1. The first-order chi connectivity index (χ1) is 5.79. The maximum absolute atomic E-state index is 6.03. The van der Waals surface area contributed by atoms with Gasteiger partial charge in [-0.25, -0.2) is 0 Å². The second-order valence-electron chi connectivity index (χ2n) is 3.59. The Balaban J connectivity index is 2.42. The van der Waals surface area contributed by atoms with Crippen molar-refractivity contribution >= 4 is 0 Å². The lowest BCUT2D eigenvalue weighted by atomic mass is 9.84. The predicted octanol–water partition coefficient (Wildman–Crippen LogP) is 1.66. The zero-order valence-electron chi connectivity index (χ0n) is 7.33. The number of aromatic nitrogens is 1. The van der Waals surface area contributed by atoms with Gasteiger partial charge in [0.2, 0.25) is 0 Å². The average Bonchev–Trinajstić information content (AvgIpc) is 2.12. The molecule has 0 aromatic carbocycles. The van der Waals surface area contributed by atoms with E-state index in [4.69, 9.17) is 5.73 Å². The molecule has 0 saturated carbocycles. The molecule has 0 spiro atoms. The summed E-state index contributed by atoms with van der Waals surface area (Å²) in [4.78, 5) is 4.33. The van der Waals surface area contributed by atoms with E-state index >= 15 is 0 Å². The summed E-state index contributed by atoms with van der Waals surface area (Å²) in [7, 11) is 0. The van der Waals surface area contributed by atoms with Crippen LogP contribution in [0.5, 0.6) is 0 Å². The van der Waals surface area contributed by atoms with E-state index in [1.54, 1.807) is 0 Å². The Kier molecular flexibility index (Phi) is 1.85. The van der Waals surface area contributed by atoms with Crippen LogP contribution >= 0.6 is 0 Å². The standard InChI is InChI=1S/C10H14N2/c1-7-4-5-8-3-2-6-12-10(8)9(7)11/h2-3,6-7,9H,4-5,11H2,1H3. The lowest BCUT2D eigenvalue weighted by molar-refractivity contribution is 0.403. The molecule has 0 fully saturated rings. The first-order valence-corrected chi connectivity index (χ1v) is 4.48. The third kappa shape index (κ3) is 1.12. The van der Waals surface area contributed by atoms with Crippen molar-refractivity contribution in [1.29, 1.82) is 0 Å². The van der Waals surface area contributed by atoms with Crippen LogP contribution in [0.3, 0.4) is 0 Å². The van der Waals surface area contributed by atoms with Gasteiger partial charge in [-0.2, -0.15) is 0 Å². The third-order valence-electron chi connectivity index (χ3n) is 2.72. The van der Waals surface area contributed by atoms with Gasteiger partial charge in [-0.15, -0.1) is 0 Å². The number of hydrogen-bond donors (Lipinski definition) is 1. The summed E-state index contributed by atoms with van der Waals surface area (Å²) in [5.74, 6) is 0.576. The molecule has 64 valence electrons. The monoisotopic (exact) mass is 162 g/mol. The van der Waals surface area contributed by atoms with E-state index in [2.05, 4.69) is 18.0 Å². The summed E-state index contributed by atoms with van der Waals surface area (Å²) in [6, 6.07) is 4.27. The van der Waals surface area contributed by atoms with Crippen molar-refractivity contribution in [2.45, 2.75) is 25.8 Å². The van der Waals surface area contributed by atoms with Crippen molar-refractivity contribution in [3.05, 3.63) is 29.6 Å². The molecule has 1 aromatic rings. The molecule has 1 heterocycles. The van der Waals surface area contributed by atoms with Crippen LogP contribution in [0.25, 0.3) is 0 Å². The van der Waals surface area contributed by atoms with Crippen LogP contribution in [-0.4, -0.2) is 4.98 Å². The fraction of sp³-hybridized carbons (Fsp3) is 0.500. The van der Waals surface area contributed by atoms with Gasteiger partial charge in [0, 0.05) is 12.2 Å². The number of hydrogen-bond acceptors (Lipinski definition) is 2. The molecule has 0 saturated heterocycles. The van der Waals surface area contributed by atoms with E-state index in [0.717, 1.165) is 12.1 Å². The molecular formula is C10H14N2. The summed E-state index contributed by atoms with van der Waals surface area (Å²) >= 11 is 0. The molecule has 0 bridgehead atoms. The van der Waals surface area contributed by atoms with Gasteiger partial charge in [0.25, 0.3) is 0 Å². The minimum atomic E-state index is 0.148. The topological polar surface area (TPSA) is 38.9 Å². The number of nitrogens with two attached hydrogens (primary N) is 1. The highest BCUT2D eigenvalue weighted by molar-refractivity contribution is 5.25. The van der Waals surface area contributed by atoms with Gasteiger partial charge in [0.1, 0.15) is 0 Å². The van der Waals surface area contributed by atoms with Gasteiger partial charge in [-0.1, -0.05) is 13.0 Å². The molecule has 2 atom stereocenters. The molecule has 12 heavy (non-hydrogen) atoms. The van der Waals surface area contributed by atoms with Crippen molar-refractivity contribution in [2.75, 3.05) is 0 Å². The normalized spacial score (nSPS) is 28.2. The van der Waals surface area contributed by atoms with Gasteiger partial charge >= 0.3 is 0 Å². The third-order valence-corrected chi connectivity index (χ3v) is 2.72. The second kappa shape index (κ2) is 2.87. The second-order valence-corrected chi connectivity index (χ2v) is 3.59. The average molecular weight is 162 g/mol. The lowest BCUT2D eigenvalue weighted by Crippen LogP contribution is -2.26. The summed E-state index contributed by atoms with van der Waals surface area (Å²) < 4.78 is 0. The molecule has 2 heteroatoms. The first-order valence-electron chi connectivity index (χ1n) is 4.48. The first kappa shape index (κ1) is 7.74. The Morgan fingerprint density at radius 2 is 2.42 bits per heavy atom. The molecule has 1 aliphatic rings. The summed E-state index contributed by atoms with van der Waals surface area (Å²) in [6.07, 6.45) is 4.16. The van der Waals surface area contributed by atoms with Gasteiger partial charge in [0.05, 0.1) is 5.69 Å². The van der Waals surface area contributed by atoms with Gasteiger partial charge in [0.15, 0.2) is 0 Å². The molecule has 2 rings (SSSR count). The minimum Gasteiger partial charge on any atom is -0.322 e. The maximum Gasteiger partial charge on any atom is 0.0605 e. The Labute approximate surface area is 72.8 Å². The fourth-order valence-electron chi connectivity index (χ4n) is 1.79. The minimum absolute atomic E-state index is 0.148. The molecule has 1 aliphatic carbocycles.